The van der Waals surface area contributed by atoms with E-state index in [-0.39, 0.29) is 60.2 Å². The van der Waals surface area contributed by atoms with Gasteiger partial charge in [-0.3, -0.25) is 28.1 Å². The van der Waals surface area contributed by atoms with E-state index >= 15 is 0 Å². The number of phosphoric acid groups is 3. The maximum absolute atomic E-state index is 12.7. The van der Waals surface area contributed by atoms with E-state index < -0.39 is 103 Å². The number of hydrogen-bond donors (Lipinski definition) is 7. The monoisotopic (exact) mass is 1170 g/mol. The highest BCUT2D eigenvalue weighted by Gasteiger charge is 2.47. The number of hydrogen-bond acceptors (Lipinski definition) is 26. The lowest BCUT2D eigenvalue weighted by atomic mass is 9.87. The molecule has 2 aliphatic rings. The third-order valence-corrected chi connectivity index (χ3v) is 16.4. The number of rotatable bonds is 36. The van der Waals surface area contributed by atoms with Crippen molar-refractivity contribution >= 4 is 69.1 Å². The first-order valence-corrected chi connectivity index (χ1v) is 30.9. The van der Waals surface area contributed by atoms with Gasteiger partial charge in [-0.25, -0.2) is 19.3 Å². The number of aliphatic hydroxyl groups is 4. The first kappa shape index (κ1) is 66.7. The second-order valence-corrected chi connectivity index (χ2v) is 24.7. The summed E-state index contributed by atoms with van der Waals surface area (Å²) >= 11 is 1.04. The average Bonchev–Trinajstić information content (AvgIpc) is 3.91. The Morgan fingerprint density at radius 1 is 0.909 bits per heavy atom. The van der Waals surface area contributed by atoms with Gasteiger partial charge < -0.3 is 88.7 Å². The Kier molecular flexibility index (Phi) is 27.7. The molecular formula is C45H74N7O21P3S-4. The molecule has 4 rings (SSSR count). The molecule has 0 radical (unpaired) electrons. The first-order chi connectivity index (χ1) is 36.2. The number of carbonyl (C=O) groups excluding carboxylic acids is 3. The average molecular weight is 1170 g/mol. The number of nitrogen functional groups attached to an aromatic ring is 1. The highest BCUT2D eigenvalue weighted by Crippen LogP contribution is 2.56. The van der Waals surface area contributed by atoms with Gasteiger partial charge in [-0.05, 0) is 39.2 Å². The molecule has 2 aromatic rings. The van der Waals surface area contributed by atoms with Crippen molar-refractivity contribution in [3.63, 3.8) is 0 Å². The van der Waals surface area contributed by atoms with Gasteiger partial charge in [0.15, 0.2) is 24.0 Å². The van der Waals surface area contributed by atoms with Crippen molar-refractivity contribution in [3.8, 4) is 0 Å². The third kappa shape index (κ3) is 23.6. The zero-order valence-electron chi connectivity index (χ0n) is 43.6. The predicted molar refractivity (Wildman–Crippen MR) is 269 cm³/mol. The van der Waals surface area contributed by atoms with E-state index in [0.717, 1.165) is 73.9 Å². The summed E-state index contributed by atoms with van der Waals surface area (Å²) in [5.74, 6) is -1.26. The number of aromatic nitrogens is 4. The fourth-order valence-electron chi connectivity index (χ4n) is 8.13. The molecule has 2 unspecified atom stereocenters. The van der Waals surface area contributed by atoms with Crippen LogP contribution in [0.25, 0.3) is 11.2 Å². The van der Waals surface area contributed by atoms with E-state index in [2.05, 4.69) is 43.5 Å². The highest BCUT2D eigenvalue weighted by atomic mass is 32.2. The number of amides is 2. The van der Waals surface area contributed by atoms with Crippen molar-refractivity contribution < 1.29 is 100 Å². The molecule has 2 saturated heterocycles. The van der Waals surface area contributed by atoms with Gasteiger partial charge in [0, 0.05) is 37.1 Å². The van der Waals surface area contributed by atoms with Gasteiger partial charge in [-0.1, -0.05) is 95.9 Å². The lowest BCUT2D eigenvalue weighted by Crippen LogP contribution is -2.48. The summed E-state index contributed by atoms with van der Waals surface area (Å²) in [5, 5.41) is 46.2. The van der Waals surface area contributed by atoms with Crippen LogP contribution in [0, 0.1) is 5.41 Å². The number of nitrogens with zero attached hydrogens (tertiary/aromatic N) is 4. The predicted octanol–water partition coefficient (Wildman–Crippen LogP) is 1.03. The summed E-state index contributed by atoms with van der Waals surface area (Å²) in [6.45, 7) is 3.82. The van der Waals surface area contributed by atoms with Crippen LogP contribution in [0.15, 0.2) is 24.8 Å². The van der Waals surface area contributed by atoms with Crippen LogP contribution < -0.4 is 35.9 Å². The molecule has 0 saturated carbocycles. The molecule has 12 atom stereocenters. The number of carbonyl (C=O) groups is 3. The molecule has 4 heterocycles. The largest absolute Gasteiger partial charge is 0.790 e. The van der Waals surface area contributed by atoms with Crippen LogP contribution in [0.2, 0.25) is 0 Å². The molecule has 28 nitrogen and oxygen atoms in total. The molecule has 0 aliphatic carbocycles. The van der Waals surface area contributed by atoms with E-state index in [0.29, 0.717) is 5.75 Å². The van der Waals surface area contributed by atoms with E-state index in [1.54, 1.807) is 6.92 Å². The molecule has 32 heteroatoms. The second kappa shape index (κ2) is 32.0. The highest BCUT2D eigenvalue weighted by molar-refractivity contribution is 8.14. The van der Waals surface area contributed by atoms with Crippen molar-refractivity contribution in [2.75, 3.05) is 37.8 Å². The van der Waals surface area contributed by atoms with Gasteiger partial charge in [0.25, 0.3) is 15.6 Å². The standard InChI is InChI=1S/C45H78N7O21P3S/c1-29(69-44-32(54)24-31(53)30(2)70-44)18-16-14-12-10-8-6-5-7-9-11-13-15-17-19-35(56)77-23-22-47-34(55)20-21-48-42(59)39(58)45(3,4)26-68-76(65,66)73-75(63,64)67-25-33-38(72-74(60,61)62)37(57)43(71-33)52-28-51-36-40(46)49-27-50-41(36)52/h17,19,27-33,37-39,43-44,53-54,57-58H,5-16,18,20-26H2,1-4H3,(H,47,55)(H,48,59)(H,63,64)(H,65,66)(H2,46,49,50)(H2,60,61,62)/p-4/b19-17+/t29-,30+,31-,32-,33-,37-,38-,39+,43-,44-/m1/s1. The van der Waals surface area contributed by atoms with Crippen molar-refractivity contribution in [3.05, 3.63) is 24.8 Å². The molecule has 2 aliphatic heterocycles. The number of nitrogens with one attached hydrogen (secondary N) is 2. The summed E-state index contributed by atoms with van der Waals surface area (Å²) in [6, 6.07) is 0. The fraction of sp³-hybridized carbons (Fsp3) is 0.778. The molecule has 8 N–H and O–H groups in total. The van der Waals surface area contributed by atoms with Crippen LogP contribution in [0.1, 0.15) is 130 Å². The number of anilines is 1. The number of imidazole rings is 1. The smallest absolute Gasteiger partial charge is 0.274 e. The first-order valence-electron chi connectivity index (χ1n) is 25.5. The second-order valence-electron chi connectivity index (χ2n) is 19.5. The summed E-state index contributed by atoms with van der Waals surface area (Å²) in [6.07, 6.45) is 7.71. The molecule has 0 spiro atoms. The number of ether oxygens (including phenoxy) is 3. The van der Waals surface area contributed by atoms with Gasteiger partial charge in [0.05, 0.1) is 45.7 Å². The fourth-order valence-corrected chi connectivity index (χ4v) is 11.5. The maximum atomic E-state index is 12.7. The zero-order valence-corrected chi connectivity index (χ0v) is 47.1. The van der Waals surface area contributed by atoms with Crippen LogP contribution in [0.5, 0.6) is 0 Å². The summed E-state index contributed by atoms with van der Waals surface area (Å²) in [7, 11) is -17.7. The van der Waals surface area contributed by atoms with Crippen molar-refractivity contribution in [2.45, 2.75) is 185 Å². The lowest BCUT2D eigenvalue weighted by molar-refractivity contribution is -0.347. The number of fused-ring (bicyclic) bond motifs is 1. The van der Waals surface area contributed by atoms with E-state index in [9.17, 15) is 68.1 Å². The number of thioether (sulfide) groups is 1. The number of aliphatic hydroxyl groups excluding tert-OH is 4. The van der Waals surface area contributed by atoms with Gasteiger partial charge in [0.2, 0.25) is 16.9 Å². The quantitative estimate of drug-likeness (QED) is 0.0284. The van der Waals surface area contributed by atoms with Crippen molar-refractivity contribution in [2.24, 2.45) is 5.41 Å². The van der Waals surface area contributed by atoms with Crippen LogP contribution in [-0.4, -0.2) is 144 Å². The normalized spacial score (nSPS) is 24.6. The molecule has 440 valence electrons. The number of phosphoric ester groups is 3. The lowest BCUT2D eigenvalue weighted by Gasteiger charge is -2.36. The Morgan fingerprint density at radius 3 is 2.21 bits per heavy atom. The molecule has 77 heavy (non-hydrogen) atoms. The summed E-state index contributed by atoms with van der Waals surface area (Å²) in [4.78, 5) is 97.0. The maximum Gasteiger partial charge on any atom is 0.274 e. The van der Waals surface area contributed by atoms with Crippen molar-refractivity contribution in [1.29, 1.82) is 0 Å². The zero-order chi connectivity index (χ0) is 57.0. The van der Waals surface area contributed by atoms with Crippen LogP contribution in [0.3, 0.4) is 0 Å². The number of allylic oxidation sites excluding steroid dienone is 1. The molecule has 2 amide bonds. The molecular weight excluding hydrogens is 1100 g/mol. The van der Waals surface area contributed by atoms with Crippen LogP contribution in [0.4, 0.5) is 5.82 Å². The van der Waals surface area contributed by atoms with Crippen molar-refractivity contribution in [1.82, 2.24) is 30.2 Å². The Bertz CT molecular complexity index is 2350. The molecule has 0 aromatic carbocycles. The number of nitrogens with two attached hydrogens (primary N) is 1. The third-order valence-electron chi connectivity index (χ3n) is 12.5. The minimum Gasteiger partial charge on any atom is -0.790 e. The minimum atomic E-state index is -5.93. The van der Waals surface area contributed by atoms with E-state index in [1.165, 1.54) is 58.4 Å². The molecule has 2 fully saturated rings. The van der Waals surface area contributed by atoms with Gasteiger partial charge >= 0.3 is 0 Å². The topological polar surface area (TPSA) is 434 Å². The van der Waals surface area contributed by atoms with Gasteiger partial charge in [-0.2, -0.15) is 0 Å². The Hall–Kier alpha value is -2.86. The minimum absolute atomic E-state index is 0.0215. The van der Waals surface area contributed by atoms with E-state index in [1.807, 2.05) is 13.0 Å². The molecule has 0 bridgehead atoms. The van der Waals surface area contributed by atoms with E-state index in [4.69, 9.17) is 19.9 Å². The Balaban J connectivity index is 1.00. The number of unbranched alkanes of at least 4 members (excludes halogenated alkanes) is 11. The van der Waals surface area contributed by atoms with Crippen LogP contribution >= 0.6 is 35.2 Å². The molecule has 2 aromatic heterocycles. The SMILES string of the molecule is C[C@H](CCCCCCCCCCCCC/C=C/C(=O)SCCNC(=O)CCNC(=O)[C@H](O)C(C)(C)COP(=O)([O-])OP(=O)([O-])OC[C@H]1O[C@@H](n2cnc3c(N)ncnc32)[C@H](O)[C@@H]1OP(=O)([O-])[O-])O[C@@H]1O[C@@H](C)[C@H](O)C[C@H]1O. The van der Waals surface area contributed by atoms with Gasteiger partial charge in [-0.15, -0.1) is 0 Å². The summed E-state index contributed by atoms with van der Waals surface area (Å²) in [5.41, 5.74) is 4.07. The Labute approximate surface area is 451 Å². The van der Waals surface area contributed by atoms with Crippen LogP contribution in [-0.2, 0) is 60.2 Å². The summed E-state index contributed by atoms with van der Waals surface area (Å²) < 4.78 is 72.4. The Morgan fingerprint density at radius 2 is 1.55 bits per heavy atom. The van der Waals surface area contributed by atoms with Gasteiger partial charge in [0.1, 0.15) is 42.4 Å².